The molecule has 1 aromatic rings. The molecule has 0 aliphatic carbocycles. The second kappa shape index (κ2) is 4.94. The van der Waals surface area contributed by atoms with Gasteiger partial charge in [0.15, 0.2) is 0 Å². The summed E-state index contributed by atoms with van der Waals surface area (Å²) in [7, 11) is 0. The molecule has 0 saturated carbocycles. The van der Waals surface area contributed by atoms with Crippen LogP contribution in [0.5, 0.6) is 0 Å². The minimum Gasteiger partial charge on any atom is -0.373 e. The summed E-state index contributed by atoms with van der Waals surface area (Å²) in [6.45, 7) is 2.21. The molecule has 14 heavy (non-hydrogen) atoms. The zero-order valence-corrected chi connectivity index (χ0v) is 8.06. The van der Waals surface area contributed by atoms with Crippen LogP contribution in [-0.2, 0) is 16.1 Å². The second-order valence-electron chi connectivity index (χ2n) is 3.30. The number of hydrogen-bond acceptors (Lipinski definition) is 2. The molecule has 2 heteroatoms. The van der Waals surface area contributed by atoms with Crippen molar-refractivity contribution < 1.29 is 9.47 Å². The van der Waals surface area contributed by atoms with Crippen LogP contribution in [0.3, 0.4) is 0 Å². The molecule has 0 spiro atoms. The van der Waals surface area contributed by atoms with Gasteiger partial charge in [0.1, 0.15) is 0 Å². The Morgan fingerprint density at radius 3 is 2.86 bits per heavy atom. The average Bonchev–Trinajstić information content (AvgIpc) is 3.03. The lowest BCUT2D eigenvalue weighted by atomic mass is 10.2. The van der Waals surface area contributed by atoms with Crippen molar-refractivity contribution in [1.29, 1.82) is 0 Å². The fourth-order valence-corrected chi connectivity index (χ4v) is 1.19. The minimum atomic E-state index is 0.357. The third-order valence-corrected chi connectivity index (χ3v) is 2.04. The zero-order valence-electron chi connectivity index (χ0n) is 8.06. The summed E-state index contributed by atoms with van der Waals surface area (Å²) in [6, 6.07) is 10.2. The summed E-state index contributed by atoms with van der Waals surface area (Å²) in [5.41, 5.74) is 1.21. The first kappa shape index (κ1) is 9.44. The van der Waals surface area contributed by atoms with Crippen LogP contribution < -0.4 is 0 Å². The summed E-state index contributed by atoms with van der Waals surface area (Å²) < 4.78 is 10.5. The monoisotopic (exact) mass is 190 g/mol. The first-order chi connectivity index (χ1) is 6.95. The highest BCUT2D eigenvalue weighted by molar-refractivity contribution is 5.13. The molecule has 2 nitrogen and oxygen atoms in total. The first-order valence-electron chi connectivity index (χ1n) is 4.85. The molecule has 1 saturated heterocycles. The van der Waals surface area contributed by atoms with Gasteiger partial charge in [0.05, 0.1) is 25.9 Å². The van der Waals surface area contributed by atoms with E-state index in [-0.39, 0.29) is 0 Å². The van der Waals surface area contributed by atoms with E-state index in [1.165, 1.54) is 5.56 Å². The lowest BCUT2D eigenvalue weighted by Gasteiger charge is -2.00. The van der Waals surface area contributed by atoms with E-state index in [2.05, 4.69) is 12.1 Å². The van der Waals surface area contributed by atoms with E-state index >= 15 is 0 Å². The fraction of sp³-hybridized carbons (Fsp3) is 0.333. The smallest absolute Gasteiger partial charge is 0.0991 e. The van der Waals surface area contributed by atoms with Crippen molar-refractivity contribution in [1.82, 2.24) is 0 Å². The molecular formula is C12H14O2. The predicted molar refractivity (Wildman–Crippen MR) is 55.0 cm³/mol. The van der Waals surface area contributed by atoms with Gasteiger partial charge in [-0.2, -0.15) is 0 Å². The third-order valence-electron chi connectivity index (χ3n) is 2.04. The highest BCUT2D eigenvalue weighted by Crippen LogP contribution is 2.09. The number of rotatable bonds is 5. The Bertz CT molecular complexity index is 288. The molecule has 1 aromatic carbocycles. The predicted octanol–water partition coefficient (Wildman–Crippen LogP) is 2.16. The van der Waals surface area contributed by atoms with Crippen LogP contribution in [0.2, 0.25) is 0 Å². The molecule has 1 aliphatic rings. The van der Waals surface area contributed by atoms with Crippen LogP contribution in [-0.4, -0.2) is 19.3 Å². The molecule has 1 aliphatic heterocycles. The Hall–Kier alpha value is -1.12. The van der Waals surface area contributed by atoms with Crippen molar-refractivity contribution in [3.63, 3.8) is 0 Å². The molecule has 1 atom stereocenters. The summed E-state index contributed by atoms with van der Waals surface area (Å²) in [5.74, 6) is 0. The highest BCUT2D eigenvalue weighted by Gasteiger charge is 2.17. The lowest BCUT2D eigenvalue weighted by Crippen LogP contribution is -1.92. The SMILES string of the molecule is C(=C/C1CO1)/COCc1ccccc1. The molecule has 1 fully saturated rings. The molecule has 0 amide bonds. The molecular weight excluding hydrogens is 176 g/mol. The van der Waals surface area contributed by atoms with E-state index in [1.807, 2.05) is 30.4 Å². The van der Waals surface area contributed by atoms with E-state index in [9.17, 15) is 0 Å². The van der Waals surface area contributed by atoms with Crippen LogP contribution in [0.4, 0.5) is 0 Å². The van der Waals surface area contributed by atoms with E-state index in [0.29, 0.717) is 19.3 Å². The van der Waals surface area contributed by atoms with Gasteiger partial charge in [0.2, 0.25) is 0 Å². The van der Waals surface area contributed by atoms with Crippen LogP contribution >= 0.6 is 0 Å². The molecule has 1 heterocycles. The Kier molecular flexibility index (Phi) is 3.33. The summed E-state index contributed by atoms with van der Waals surface area (Å²) in [6.07, 6.45) is 4.42. The maximum Gasteiger partial charge on any atom is 0.0991 e. The van der Waals surface area contributed by atoms with Crippen LogP contribution in [0, 0.1) is 0 Å². The van der Waals surface area contributed by atoms with Crippen LogP contribution in [0.15, 0.2) is 42.5 Å². The summed E-state index contributed by atoms with van der Waals surface area (Å²) in [5, 5.41) is 0. The number of hydrogen-bond donors (Lipinski definition) is 0. The molecule has 0 N–H and O–H groups in total. The van der Waals surface area contributed by atoms with Gasteiger partial charge in [-0.15, -0.1) is 0 Å². The lowest BCUT2D eigenvalue weighted by molar-refractivity contribution is 0.148. The van der Waals surface area contributed by atoms with Gasteiger partial charge < -0.3 is 9.47 Å². The van der Waals surface area contributed by atoms with Crippen molar-refractivity contribution in [2.75, 3.05) is 13.2 Å². The van der Waals surface area contributed by atoms with Gasteiger partial charge >= 0.3 is 0 Å². The topological polar surface area (TPSA) is 21.8 Å². The molecule has 2 rings (SSSR count). The minimum absolute atomic E-state index is 0.357. The van der Waals surface area contributed by atoms with Crippen LogP contribution in [0.25, 0.3) is 0 Å². The highest BCUT2D eigenvalue weighted by atomic mass is 16.6. The standard InChI is InChI=1S/C12H14O2/c1-2-5-11(6-3-1)9-13-8-4-7-12-10-14-12/h1-7,12H,8-10H2/b7-4-. The molecule has 0 radical (unpaired) electrons. The van der Waals surface area contributed by atoms with Gasteiger partial charge in [0.25, 0.3) is 0 Å². The number of epoxide rings is 1. The Morgan fingerprint density at radius 1 is 1.36 bits per heavy atom. The van der Waals surface area contributed by atoms with Crippen molar-refractivity contribution >= 4 is 0 Å². The summed E-state index contributed by atoms with van der Waals surface area (Å²) >= 11 is 0. The molecule has 74 valence electrons. The number of ether oxygens (including phenoxy) is 2. The maximum absolute atomic E-state index is 5.46. The maximum atomic E-state index is 5.46. The first-order valence-corrected chi connectivity index (χ1v) is 4.85. The Morgan fingerprint density at radius 2 is 2.14 bits per heavy atom. The van der Waals surface area contributed by atoms with E-state index in [4.69, 9.17) is 9.47 Å². The molecule has 0 bridgehead atoms. The quantitative estimate of drug-likeness (QED) is 0.403. The average molecular weight is 190 g/mol. The van der Waals surface area contributed by atoms with Gasteiger partial charge in [-0.1, -0.05) is 42.5 Å². The summed E-state index contributed by atoms with van der Waals surface area (Å²) in [4.78, 5) is 0. The van der Waals surface area contributed by atoms with Crippen molar-refractivity contribution in [3.8, 4) is 0 Å². The largest absolute Gasteiger partial charge is 0.373 e. The van der Waals surface area contributed by atoms with Crippen molar-refractivity contribution in [2.24, 2.45) is 0 Å². The fourth-order valence-electron chi connectivity index (χ4n) is 1.19. The van der Waals surface area contributed by atoms with E-state index in [1.54, 1.807) is 0 Å². The van der Waals surface area contributed by atoms with Gasteiger partial charge in [-0.05, 0) is 5.56 Å². The Balaban J connectivity index is 1.62. The van der Waals surface area contributed by atoms with Gasteiger partial charge in [0, 0.05) is 0 Å². The van der Waals surface area contributed by atoms with Crippen LogP contribution in [0.1, 0.15) is 5.56 Å². The zero-order chi connectivity index (χ0) is 9.64. The second-order valence-corrected chi connectivity index (χ2v) is 3.30. The molecule has 0 aromatic heterocycles. The Labute approximate surface area is 84.2 Å². The van der Waals surface area contributed by atoms with Gasteiger partial charge in [-0.25, -0.2) is 0 Å². The van der Waals surface area contributed by atoms with Gasteiger partial charge in [-0.3, -0.25) is 0 Å². The van der Waals surface area contributed by atoms with E-state index in [0.717, 1.165) is 6.61 Å². The molecule has 1 unspecified atom stereocenters. The van der Waals surface area contributed by atoms with Crippen molar-refractivity contribution in [3.05, 3.63) is 48.0 Å². The van der Waals surface area contributed by atoms with E-state index < -0.39 is 0 Å². The van der Waals surface area contributed by atoms with Crippen molar-refractivity contribution in [2.45, 2.75) is 12.7 Å². The third kappa shape index (κ3) is 3.32. The number of benzene rings is 1. The normalized spacial score (nSPS) is 20.1.